The van der Waals surface area contributed by atoms with Gasteiger partial charge in [0.05, 0.1) is 5.25 Å². The van der Waals surface area contributed by atoms with Gasteiger partial charge in [-0.1, -0.05) is 30.3 Å². The standard InChI is InChI=1S/C19H23N3O2S/c1-16(25-18-9-5-6-10-22(18)24)19(23)21-13-11-20(12-14-21)15-17-7-3-2-4-8-17/h2-10,16H,11-15H2,1H3/t16-/m0/s1. The molecule has 0 saturated carbocycles. The smallest absolute Gasteiger partial charge is 0.252 e. The fraction of sp³-hybridized carbons (Fsp3) is 0.368. The summed E-state index contributed by atoms with van der Waals surface area (Å²) in [5.41, 5.74) is 1.30. The van der Waals surface area contributed by atoms with Crippen molar-refractivity contribution in [2.24, 2.45) is 0 Å². The van der Waals surface area contributed by atoms with Gasteiger partial charge in [0.25, 0.3) is 5.03 Å². The van der Waals surface area contributed by atoms with Crippen LogP contribution in [-0.4, -0.2) is 47.1 Å². The van der Waals surface area contributed by atoms with E-state index in [1.807, 2.05) is 24.0 Å². The lowest BCUT2D eigenvalue weighted by atomic mass is 10.2. The molecule has 2 heterocycles. The maximum absolute atomic E-state index is 12.7. The Labute approximate surface area is 152 Å². The van der Waals surface area contributed by atoms with Gasteiger partial charge in [0, 0.05) is 44.9 Å². The first-order valence-electron chi connectivity index (χ1n) is 8.53. The van der Waals surface area contributed by atoms with E-state index >= 15 is 0 Å². The van der Waals surface area contributed by atoms with Crippen LogP contribution in [0.1, 0.15) is 12.5 Å². The summed E-state index contributed by atoms with van der Waals surface area (Å²) in [7, 11) is 0. The maximum atomic E-state index is 12.7. The maximum Gasteiger partial charge on any atom is 0.252 e. The summed E-state index contributed by atoms with van der Waals surface area (Å²) in [6, 6.07) is 15.7. The summed E-state index contributed by atoms with van der Waals surface area (Å²) in [4.78, 5) is 16.9. The molecule has 132 valence electrons. The number of aromatic nitrogens is 1. The third-order valence-electron chi connectivity index (χ3n) is 4.37. The second-order valence-corrected chi connectivity index (χ2v) is 7.57. The Kier molecular flexibility index (Phi) is 5.94. The second kappa shape index (κ2) is 8.36. The van der Waals surface area contributed by atoms with Crippen molar-refractivity contribution in [1.29, 1.82) is 0 Å². The molecule has 6 heteroatoms. The number of hydrogen-bond acceptors (Lipinski definition) is 4. The lowest BCUT2D eigenvalue weighted by Gasteiger charge is -2.35. The first kappa shape index (κ1) is 17.8. The summed E-state index contributed by atoms with van der Waals surface area (Å²) in [6.45, 7) is 6.03. The SMILES string of the molecule is C[C@H](Sc1cccc[n+]1[O-])C(=O)N1CCN(Cc2ccccc2)CC1. The van der Waals surface area contributed by atoms with Gasteiger partial charge >= 0.3 is 0 Å². The van der Waals surface area contributed by atoms with Crippen molar-refractivity contribution in [1.82, 2.24) is 9.80 Å². The molecule has 1 aromatic carbocycles. The highest BCUT2D eigenvalue weighted by Gasteiger charge is 2.27. The minimum absolute atomic E-state index is 0.105. The number of amides is 1. The Balaban J connectivity index is 1.50. The van der Waals surface area contributed by atoms with Crippen LogP contribution in [0, 0.1) is 5.21 Å². The van der Waals surface area contributed by atoms with Crippen LogP contribution in [0.3, 0.4) is 0 Å². The number of thioether (sulfide) groups is 1. The Hall–Kier alpha value is -2.05. The third-order valence-corrected chi connectivity index (χ3v) is 5.48. The van der Waals surface area contributed by atoms with Gasteiger partial charge in [-0.15, -0.1) is 0 Å². The number of piperazine rings is 1. The molecule has 0 aliphatic carbocycles. The minimum atomic E-state index is -0.261. The van der Waals surface area contributed by atoms with Crippen molar-refractivity contribution in [2.45, 2.75) is 23.7 Å². The Morgan fingerprint density at radius 1 is 1.12 bits per heavy atom. The molecule has 0 N–H and O–H groups in total. The molecule has 3 rings (SSSR count). The molecule has 1 fully saturated rings. The van der Waals surface area contributed by atoms with E-state index in [2.05, 4.69) is 29.2 Å². The van der Waals surface area contributed by atoms with E-state index in [9.17, 15) is 10.0 Å². The predicted molar refractivity (Wildman–Crippen MR) is 99.0 cm³/mol. The van der Waals surface area contributed by atoms with Gasteiger partial charge in [-0.05, 0) is 30.3 Å². The van der Waals surface area contributed by atoms with Gasteiger partial charge in [-0.25, -0.2) is 0 Å². The van der Waals surface area contributed by atoms with E-state index in [4.69, 9.17) is 0 Å². The van der Waals surface area contributed by atoms with Crippen LogP contribution in [0.15, 0.2) is 59.8 Å². The second-order valence-electron chi connectivity index (χ2n) is 6.21. The Bertz CT molecular complexity index is 703. The van der Waals surface area contributed by atoms with Gasteiger partial charge in [-0.3, -0.25) is 9.69 Å². The van der Waals surface area contributed by atoms with Crippen LogP contribution in [-0.2, 0) is 11.3 Å². The number of carbonyl (C=O) groups is 1. The van der Waals surface area contributed by atoms with E-state index in [0.29, 0.717) is 5.03 Å². The largest absolute Gasteiger partial charge is 0.618 e. The Morgan fingerprint density at radius 2 is 1.80 bits per heavy atom. The number of nitrogens with zero attached hydrogens (tertiary/aromatic N) is 3. The minimum Gasteiger partial charge on any atom is -0.618 e. The molecule has 2 aromatic rings. The van der Waals surface area contributed by atoms with Crippen LogP contribution in [0.2, 0.25) is 0 Å². The van der Waals surface area contributed by atoms with Crippen LogP contribution in [0.5, 0.6) is 0 Å². The summed E-state index contributed by atoms with van der Waals surface area (Å²) in [6.07, 6.45) is 1.46. The van der Waals surface area contributed by atoms with Crippen LogP contribution in [0.25, 0.3) is 0 Å². The normalized spacial score (nSPS) is 16.6. The molecule has 25 heavy (non-hydrogen) atoms. The molecular formula is C19H23N3O2S. The van der Waals surface area contributed by atoms with E-state index < -0.39 is 0 Å². The molecule has 0 unspecified atom stereocenters. The highest BCUT2D eigenvalue weighted by Crippen LogP contribution is 2.22. The molecule has 1 aliphatic heterocycles. The quantitative estimate of drug-likeness (QED) is 0.467. The van der Waals surface area contributed by atoms with Crippen molar-refractivity contribution < 1.29 is 9.52 Å². The lowest BCUT2D eigenvalue weighted by molar-refractivity contribution is -0.645. The average Bonchev–Trinajstić information content (AvgIpc) is 2.64. The van der Waals surface area contributed by atoms with Gasteiger partial charge < -0.3 is 10.1 Å². The highest BCUT2D eigenvalue weighted by atomic mass is 32.2. The van der Waals surface area contributed by atoms with Crippen LogP contribution < -0.4 is 4.73 Å². The lowest BCUT2D eigenvalue weighted by Crippen LogP contribution is -2.50. The molecular weight excluding hydrogens is 334 g/mol. The van der Waals surface area contributed by atoms with Crippen molar-refractivity contribution >= 4 is 17.7 Å². The molecule has 0 radical (unpaired) electrons. The van der Waals surface area contributed by atoms with E-state index in [1.54, 1.807) is 12.1 Å². The number of rotatable bonds is 5. The molecule has 1 amide bonds. The predicted octanol–water partition coefficient (Wildman–Crippen LogP) is 2.14. The fourth-order valence-electron chi connectivity index (χ4n) is 2.96. The van der Waals surface area contributed by atoms with E-state index in [1.165, 1.54) is 23.5 Å². The van der Waals surface area contributed by atoms with Gasteiger partial charge in [0.1, 0.15) is 0 Å². The first-order chi connectivity index (χ1) is 12.1. The molecule has 1 aromatic heterocycles. The van der Waals surface area contributed by atoms with Crippen LogP contribution in [0.4, 0.5) is 0 Å². The van der Waals surface area contributed by atoms with Gasteiger partial charge in [0.15, 0.2) is 6.20 Å². The highest BCUT2D eigenvalue weighted by molar-refractivity contribution is 8.00. The Morgan fingerprint density at radius 3 is 2.48 bits per heavy atom. The summed E-state index contributed by atoms with van der Waals surface area (Å²) >= 11 is 1.32. The topological polar surface area (TPSA) is 50.5 Å². The summed E-state index contributed by atoms with van der Waals surface area (Å²) in [5, 5.41) is 12.0. The average molecular weight is 357 g/mol. The van der Waals surface area contributed by atoms with Gasteiger partial charge in [-0.2, -0.15) is 4.73 Å². The fourth-order valence-corrected chi connectivity index (χ4v) is 3.89. The zero-order chi connectivity index (χ0) is 17.6. The number of pyridine rings is 1. The molecule has 0 spiro atoms. The van der Waals surface area contributed by atoms with E-state index in [0.717, 1.165) is 37.5 Å². The van der Waals surface area contributed by atoms with Crippen molar-refractivity contribution in [3.63, 3.8) is 0 Å². The van der Waals surface area contributed by atoms with Crippen molar-refractivity contribution in [3.8, 4) is 0 Å². The number of hydrogen-bond donors (Lipinski definition) is 0. The van der Waals surface area contributed by atoms with Crippen molar-refractivity contribution in [2.75, 3.05) is 26.2 Å². The zero-order valence-electron chi connectivity index (χ0n) is 14.4. The van der Waals surface area contributed by atoms with E-state index in [-0.39, 0.29) is 11.2 Å². The monoisotopic (exact) mass is 357 g/mol. The molecule has 1 saturated heterocycles. The van der Waals surface area contributed by atoms with Crippen molar-refractivity contribution in [3.05, 3.63) is 65.5 Å². The summed E-state index contributed by atoms with van der Waals surface area (Å²) in [5.74, 6) is 0.105. The zero-order valence-corrected chi connectivity index (χ0v) is 15.2. The number of benzene rings is 1. The third kappa shape index (κ3) is 4.74. The van der Waals surface area contributed by atoms with Crippen LogP contribution >= 0.6 is 11.8 Å². The first-order valence-corrected chi connectivity index (χ1v) is 9.41. The summed E-state index contributed by atoms with van der Waals surface area (Å²) < 4.78 is 0.812. The molecule has 0 bridgehead atoms. The molecule has 1 aliphatic rings. The van der Waals surface area contributed by atoms with Gasteiger partial charge in [0.2, 0.25) is 5.91 Å². The molecule has 5 nitrogen and oxygen atoms in total. The molecule has 1 atom stereocenters. The number of carbonyl (C=O) groups excluding carboxylic acids is 1.